The SMILES string of the molecule is CC(C)=CC(=O)CCC(=O)N1CCN(Cc2cc3c(N4CCCCC4)nc(-c4cnc(N)cc4C(F)(F)F)nn3c2)CC1.COC(=O)Nc1cc(C(F)(F)F)c(-c2nc(N3CCCCC3)c3cc(CN4CCN(C(=O)CCC(=O)C=C(C)C)CC4)cn3n2)cn1.COC(=O)Nc1cc(C(F)(F)F)c(-c2nc(N3CCCCC3)c3cc(CN4CCN(C(=O)CNC(=O)C=C(C)C)CC4)cn3n2)cn1. The Kier molecular flexibility index (Phi) is 33.3. The number of piperazine rings is 3. The van der Waals surface area contributed by atoms with E-state index in [0.717, 1.165) is 174 Å². The van der Waals surface area contributed by atoms with Crippen LogP contribution in [0.4, 0.5) is 84.0 Å². The highest BCUT2D eigenvalue weighted by molar-refractivity contribution is 5.94. The molecule has 0 spiro atoms. The number of ether oxygens (including phenoxy) is 2. The maximum absolute atomic E-state index is 14.3. The van der Waals surface area contributed by atoms with Gasteiger partial charge in [0.2, 0.25) is 23.6 Å². The highest BCUT2D eigenvalue weighted by Crippen LogP contribution is 2.43. The molecule has 6 amide bonds. The molecule has 0 radical (unpaired) electrons. The number of nitrogens with two attached hydrogens (primary N) is 1. The van der Waals surface area contributed by atoms with Crippen molar-refractivity contribution in [3.63, 3.8) is 0 Å². The van der Waals surface area contributed by atoms with Crippen LogP contribution in [0.3, 0.4) is 0 Å². The van der Waals surface area contributed by atoms with E-state index >= 15 is 0 Å². The monoisotopic (exact) mass is 1910 g/mol. The normalized spacial score (nSPS) is 16.0. The first-order chi connectivity index (χ1) is 65.3. The van der Waals surface area contributed by atoms with Gasteiger partial charge in [-0.25, -0.2) is 53.0 Å². The predicted molar refractivity (Wildman–Crippen MR) is 494 cm³/mol. The molecule has 6 aliphatic rings. The van der Waals surface area contributed by atoms with Crippen molar-refractivity contribution in [1.82, 2.24) is 93.5 Å². The first kappa shape index (κ1) is 101. The van der Waals surface area contributed by atoms with Crippen LogP contribution >= 0.6 is 0 Å². The van der Waals surface area contributed by atoms with Crippen LogP contribution in [0.2, 0.25) is 0 Å². The summed E-state index contributed by atoms with van der Waals surface area (Å²) in [5.41, 5.74) is 9.26. The molecular weight excluding hydrogens is 1800 g/mol. The number of aromatic nitrogens is 12. The van der Waals surface area contributed by atoms with Crippen LogP contribution in [0.25, 0.3) is 50.7 Å². The Bertz CT molecular complexity index is 5710. The molecule has 35 nitrogen and oxygen atoms in total. The van der Waals surface area contributed by atoms with Crippen LogP contribution in [0.5, 0.6) is 0 Å². The first-order valence-corrected chi connectivity index (χ1v) is 45.7. The molecule has 0 unspecified atom stereocenters. The summed E-state index contributed by atoms with van der Waals surface area (Å²) in [4.78, 5) is 141. The molecule has 137 heavy (non-hydrogen) atoms. The lowest BCUT2D eigenvalue weighted by Crippen LogP contribution is -2.50. The van der Waals surface area contributed by atoms with Crippen molar-refractivity contribution in [3.05, 3.63) is 142 Å². The Morgan fingerprint density at radius 2 is 0.693 bits per heavy atom. The number of carbonyl (C=O) groups excluding carboxylic acids is 8. The summed E-state index contributed by atoms with van der Waals surface area (Å²) in [5.74, 6) is -0.113. The molecule has 9 aromatic heterocycles. The quantitative estimate of drug-likeness (QED) is 0.0305. The van der Waals surface area contributed by atoms with E-state index < -0.39 is 47.4 Å². The summed E-state index contributed by atoms with van der Waals surface area (Å²) in [6.07, 6.45) is 6.71. The fourth-order valence-corrected chi connectivity index (χ4v) is 17.2. The Morgan fingerprint density at radius 1 is 0.387 bits per heavy atom. The molecule has 0 saturated carbocycles. The molecule has 0 aliphatic carbocycles. The second-order valence-electron chi connectivity index (χ2n) is 35.4. The number of anilines is 6. The van der Waals surface area contributed by atoms with Crippen LogP contribution in [0, 0.1) is 0 Å². The van der Waals surface area contributed by atoms with Crippen molar-refractivity contribution in [1.29, 1.82) is 0 Å². The first-order valence-electron chi connectivity index (χ1n) is 45.7. The molecule has 15 heterocycles. The number of alkyl halides is 9. The number of nitrogens with one attached hydrogen (secondary N) is 3. The molecule has 15 rings (SSSR count). The number of nitrogen functional groups attached to an aromatic ring is 1. The predicted octanol–water partition coefficient (Wildman–Crippen LogP) is 13.0. The molecule has 0 aromatic carbocycles. The maximum atomic E-state index is 14.3. The van der Waals surface area contributed by atoms with Gasteiger partial charge in [-0.15, -0.1) is 15.3 Å². The standard InChI is InChI=1S/C32H39F3N8O4.C31H38F3N9O4.C30H37F3N8O2/c1-21(2)15-23(44)7-8-28(45)41-13-11-40(12-14-41)19-22-16-26-30(42-9-5-4-6-10-42)38-29(39-43(26)20-22)24-18-36-27(37-31(46)47-3)17-25(24)32(33,34)35;1-20(2)13-26(44)36-17-27(45)41-11-9-40(10-12-41)18-21-14-24-29(42-7-5-4-6-8-42)38-28(39-43(24)19-21)22-16-35-25(37-30(46)47-3)15-23(22)31(32,33)34;1-20(2)14-22(42)6-7-27(43)39-12-10-38(11-13-39)18-21-15-25-29(40-8-4-3-5-9-40)36-28(37-41(25)19-21)23-17-35-26(34)16-24(23)30(31,32)33/h15-18,20H,4-14,19H2,1-3H3,(H,36,37,46);13-16,19H,4-12,17-18H2,1-3H3,(H,36,44)(H,35,37,46);14-17,19H,3-13,18H2,1-2H3,(H2,34,35). The number of hydrogen-bond donors (Lipinski definition) is 4. The van der Waals surface area contributed by atoms with E-state index in [4.69, 9.17) is 5.73 Å². The largest absolute Gasteiger partial charge is 0.453 e. The number of carbonyl (C=O) groups is 8. The lowest BCUT2D eigenvalue weighted by molar-refractivity contribution is -0.137. The fourth-order valence-electron chi connectivity index (χ4n) is 17.2. The average Bonchev–Trinajstić information content (AvgIpc) is 1.69. The third kappa shape index (κ3) is 27.1. The molecule has 6 saturated heterocycles. The average molecular weight is 1910 g/mol. The third-order valence-corrected chi connectivity index (χ3v) is 24.0. The molecular formula is C93H114F9N25O10. The van der Waals surface area contributed by atoms with Crippen LogP contribution in [-0.4, -0.2) is 274 Å². The summed E-state index contributed by atoms with van der Waals surface area (Å²) in [5, 5.41) is 20.5. The smallest absolute Gasteiger partial charge is 0.417 e. The highest BCUT2D eigenvalue weighted by atomic mass is 19.4. The number of pyridine rings is 3. The van der Waals surface area contributed by atoms with Crippen LogP contribution in [-0.2, 0) is 76.4 Å². The highest BCUT2D eigenvalue weighted by Gasteiger charge is 2.40. The molecule has 6 fully saturated rings. The van der Waals surface area contributed by atoms with Gasteiger partial charge in [-0.05, 0) is 165 Å². The molecule has 734 valence electrons. The maximum Gasteiger partial charge on any atom is 0.417 e. The van der Waals surface area contributed by atoms with Gasteiger partial charge in [0, 0.05) is 206 Å². The second kappa shape index (κ2) is 45.1. The van der Waals surface area contributed by atoms with Gasteiger partial charge in [-0.3, -0.25) is 54.1 Å². The van der Waals surface area contributed by atoms with Crippen molar-refractivity contribution >= 4 is 98.8 Å². The second-order valence-corrected chi connectivity index (χ2v) is 35.4. The zero-order valence-electron chi connectivity index (χ0n) is 77.9. The molecule has 6 aliphatic heterocycles. The van der Waals surface area contributed by atoms with Crippen molar-refractivity contribution in [2.24, 2.45) is 0 Å². The van der Waals surface area contributed by atoms with Gasteiger partial charge in [-0.1, -0.05) is 16.7 Å². The molecule has 5 N–H and O–H groups in total. The van der Waals surface area contributed by atoms with E-state index in [1.165, 1.54) is 6.08 Å². The lowest BCUT2D eigenvalue weighted by atomic mass is 10.1. The number of ketones is 2. The number of fused-ring (bicyclic) bond motifs is 3. The van der Waals surface area contributed by atoms with E-state index in [1.807, 2.05) is 65.9 Å². The number of halogens is 9. The van der Waals surface area contributed by atoms with Crippen molar-refractivity contribution in [2.45, 2.75) is 163 Å². The summed E-state index contributed by atoms with van der Waals surface area (Å²) >= 11 is 0. The number of rotatable bonds is 25. The summed E-state index contributed by atoms with van der Waals surface area (Å²) < 4.78 is 141. The van der Waals surface area contributed by atoms with Crippen molar-refractivity contribution in [3.8, 4) is 34.2 Å². The summed E-state index contributed by atoms with van der Waals surface area (Å²) in [6, 6.07) is 8.21. The Morgan fingerprint density at radius 3 is 1.00 bits per heavy atom. The van der Waals surface area contributed by atoms with Crippen LogP contribution in [0.1, 0.15) is 158 Å². The Hall–Kier alpha value is -13.3. The minimum atomic E-state index is -4.78. The van der Waals surface area contributed by atoms with Crippen LogP contribution < -0.4 is 36.4 Å². The minimum Gasteiger partial charge on any atom is -0.453 e. The lowest BCUT2D eigenvalue weighted by Gasteiger charge is -2.34. The van der Waals surface area contributed by atoms with Gasteiger partial charge in [0.1, 0.15) is 34.0 Å². The van der Waals surface area contributed by atoms with Gasteiger partial charge in [0.05, 0.1) is 54.1 Å². The summed E-state index contributed by atoms with van der Waals surface area (Å²) in [7, 11) is 2.20. The number of nitrogens with zero attached hydrogens (tertiary/aromatic N) is 21. The van der Waals surface area contributed by atoms with Gasteiger partial charge in [0.15, 0.2) is 46.5 Å². The van der Waals surface area contributed by atoms with E-state index in [0.29, 0.717) is 140 Å². The zero-order chi connectivity index (χ0) is 98.2. The minimum absolute atomic E-state index is 0.0193. The fraction of sp³-hybridized carbons (Fsp3) is 0.495. The van der Waals surface area contributed by atoms with E-state index in [-0.39, 0.29) is 119 Å². The van der Waals surface area contributed by atoms with Gasteiger partial charge in [0.25, 0.3) is 0 Å². The molecule has 0 atom stereocenters. The van der Waals surface area contributed by atoms with Crippen molar-refractivity contribution in [2.75, 3.05) is 170 Å². The van der Waals surface area contributed by atoms with Crippen molar-refractivity contribution < 1.29 is 87.3 Å². The molecule has 9 aromatic rings. The van der Waals surface area contributed by atoms with Gasteiger partial charge < -0.3 is 49.9 Å². The number of allylic oxidation sites excluding steroid dienone is 5. The number of piperidine rings is 3. The third-order valence-electron chi connectivity index (χ3n) is 24.0. The number of hydrogen-bond acceptors (Lipinski definition) is 26. The summed E-state index contributed by atoms with van der Waals surface area (Å²) in [6.45, 7) is 24.1. The Balaban J connectivity index is 0.000000174. The van der Waals surface area contributed by atoms with E-state index in [9.17, 15) is 77.9 Å². The van der Waals surface area contributed by atoms with E-state index in [2.05, 4.69) is 100 Å². The molecule has 0 bridgehead atoms. The Labute approximate surface area is 785 Å². The van der Waals surface area contributed by atoms with Crippen LogP contribution in [0.15, 0.2) is 109 Å². The number of amides is 6. The number of methoxy groups -OCH3 is 2. The molecule has 44 heteroatoms. The van der Waals surface area contributed by atoms with Gasteiger partial charge >= 0.3 is 30.7 Å². The van der Waals surface area contributed by atoms with E-state index in [1.54, 1.807) is 52.8 Å². The van der Waals surface area contributed by atoms with Gasteiger partial charge in [-0.2, -0.15) is 39.5 Å². The topological polar surface area (TPSA) is 376 Å². The zero-order valence-corrected chi connectivity index (χ0v) is 77.9.